The van der Waals surface area contributed by atoms with Crippen LogP contribution in [0.25, 0.3) is 33.4 Å². The summed E-state index contributed by atoms with van der Waals surface area (Å²) in [5.41, 5.74) is 16.1. The van der Waals surface area contributed by atoms with Crippen LogP contribution in [0.2, 0.25) is 0 Å². The summed E-state index contributed by atoms with van der Waals surface area (Å²) < 4.78 is 0.989. The molecule has 10 aromatic carbocycles. The lowest BCUT2D eigenvalue weighted by Gasteiger charge is -2.35. The van der Waals surface area contributed by atoms with Crippen LogP contribution in [0.1, 0.15) is 0 Å². The average Bonchev–Trinajstić information content (AvgIpc) is 3.36. The Morgan fingerprint density at radius 2 is 0.578 bits per heavy atom. The molecule has 0 fully saturated rings. The van der Waals surface area contributed by atoms with Crippen LogP contribution in [0.3, 0.4) is 0 Å². The maximum absolute atomic E-state index is 3.89. The molecular weight excluding hydrogens is 843 g/mol. The number of halogens is 1. The summed E-state index contributed by atoms with van der Waals surface area (Å²) in [6.45, 7) is 0. The Labute approximate surface area is 384 Å². The van der Waals surface area contributed by atoms with Gasteiger partial charge in [0.25, 0.3) is 0 Å². The summed E-state index contributed by atoms with van der Waals surface area (Å²) >= 11 is 3.89. The maximum Gasteiger partial charge on any atom is 0.0618 e. The highest BCUT2D eigenvalue weighted by atomic mass is 79.9. The van der Waals surface area contributed by atoms with Crippen molar-refractivity contribution >= 4 is 67.1 Å². The smallest absolute Gasteiger partial charge is 0.0618 e. The molecular formula is C60H44BrN3. The van der Waals surface area contributed by atoms with Crippen LogP contribution in [0.5, 0.6) is 0 Å². The molecule has 0 radical (unpaired) electrons. The standard InChI is InChI=1S/C60H44BrN3/c61-48-29-21-36-52(41-48)64(60-57(46-25-9-2-10-26-46)38-22-39-58(60)47-27-11-3-12-28-47)55-43-53(62(49-30-13-4-14-31-49)50-32-15-5-16-33-50)42-54(44-55)63(51-34-17-6-18-35-51)59-40-20-19-37-56(59)45-23-7-1-8-24-45/h1-44H. The molecule has 0 saturated heterocycles. The Morgan fingerprint density at radius 1 is 0.234 bits per heavy atom. The number of nitrogens with zero attached hydrogens (tertiary/aromatic N) is 3. The lowest BCUT2D eigenvalue weighted by molar-refractivity contribution is 1.22. The molecule has 10 rings (SSSR count). The molecule has 0 bridgehead atoms. The fraction of sp³-hybridized carbons (Fsp3) is 0. The van der Waals surface area contributed by atoms with Gasteiger partial charge in [-0.25, -0.2) is 0 Å². The Hall–Kier alpha value is -7.92. The molecule has 0 unspecified atom stereocenters. The fourth-order valence-corrected chi connectivity index (χ4v) is 9.00. The van der Waals surface area contributed by atoms with Crippen molar-refractivity contribution in [2.45, 2.75) is 0 Å². The predicted molar refractivity (Wildman–Crippen MR) is 274 cm³/mol. The van der Waals surface area contributed by atoms with Crippen LogP contribution in [0.15, 0.2) is 271 Å². The van der Waals surface area contributed by atoms with E-state index in [1.807, 2.05) is 0 Å². The van der Waals surface area contributed by atoms with Gasteiger partial charge >= 0.3 is 0 Å². The van der Waals surface area contributed by atoms with Gasteiger partial charge < -0.3 is 14.7 Å². The SMILES string of the molecule is Brc1cccc(N(c2cc(N(c3ccccc3)c3ccccc3)cc(N(c3ccccc3)c3ccccc3-c3ccccc3)c2)c2c(-c3ccccc3)cccc2-c2ccccc2)c1. The molecule has 3 nitrogen and oxygen atoms in total. The first-order valence-electron chi connectivity index (χ1n) is 21.5. The van der Waals surface area contributed by atoms with Crippen molar-refractivity contribution in [1.29, 1.82) is 0 Å². The van der Waals surface area contributed by atoms with Crippen molar-refractivity contribution in [1.82, 2.24) is 0 Å². The second-order valence-corrected chi connectivity index (χ2v) is 16.4. The third-order valence-electron chi connectivity index (χ3n) is 11.4. The first-order chi connectivity index (χ1) is 31.7. The van der Waals surface area contributed by atoms with Crippen molar-refractivity contribution in [2.75, 3.05) is 14.7 Å². The molecule has 306 valence electrons. The van der Waals surface area contributed by atoms with Gasteiger partial charge in [0.15, 0.2) is 0 Å². The van der Waals surface area contributed by atoms with Crippen molar-refractivity contribution in [3.05, 3.63) is 271 Å². The normalized spacial score (nSPS) is 10.9. The quantitative estimate of drug-likeness (QED) is 0.121. The van der Waals surface area contributed by atoms with Crippen molar-refractivity contribution < 1.29 is 0 Å². The maximum atomic E-state index is 3.89. The first-order valence-corrected chi connectivity index (χ1v) is 22.3. The largest absolute Gasteiger partial charge is 0.310 e. The summed E-state index contributed by atoms with van der Waals surface area (Å²) in [7, 11) is 0. The van der Waals surface area contributed by atoms with Crippen molar-refractivity contribution in [3.8, 4) is 33.4 Å². The Kier molecular flexibility index (Phi) is 11.7. The topological polar surface area (TPSA) is 9.72 Å². The zero-order valence-corrected chi connectivity index (χ0v) is 36.7. The van der Waals surface area contributed by atoms with E-state index in [4.69, 9.17) is 0 Å². The Balaban J connectivity index is 1.33. The average molecular weight is 887 g/mol. The summed E-state index contributed by atoms with van der Waals surface area (Å²) in [5, 5.41) is 0. The monoisotopic (exact) mass is 885 g/mol. The van der Waals surface area contributed by atoms with Gasteiger partial charge in [-0.05, 0) is 95.6 Å². The van der Waals surface area contributed by atoms with Gasteiger partial charge in [0, 0.05) is 43.9 Å². The number of rotatable bonds is 12. The summed E-state index contributed by atoms with van der Waals surface area (Å²) in [4.78, 5) is 7.21. The molecule has 0 saturated carbocycles. The molecule has 0 amide bonds. The molecule has 0 spiro atoms. The molecule has 64 heavy (non-hydrogen) atoms. The van der Waals surface area contributed by atoms with Crippen molar-refractivity contribution in [2.24, 2.45) is 0 Å². The molecule has 0 heterocycles. The zero-order valence-electron chi connectivity index (χ0n) is 35.1. The van der Waals surface area contributed by atoms with E-state index in [1.165, 1.54) is 0 Å². The van der Waals surface area contributed by atoms with Crippen LogP contribution >= 0.6 is 15.9 Å². The Bertz CT molecular complexity index is 3010. The molecule has 0 aliphatic heterocycles. The minimum atomic E-state index is 0.987. The van der Waals surface area contributed by atoms with Crippen molar-refractivity contribution in [3.63, 3.8) is 0 Å². The highest BCUT2D eigenvalue weighted by molar-refractivity contribution is 9.10. The van der Waals surface area contributed by atoms with E-state index < -0.39 is 0 Å². The molecule has 0 atom stereocenters. The lowest BCUT2D eigenvalue weighted by atomic mass is 9.94. The van der Waals surface area contributed by atoms with Gasteiger partial charge in [-0.1, -0.05) is 204 Å². The number of hydrogen-bond donors (Lipinski definition) is 0. The molecule has 0 N–H and O–H groups in total. The van der Waals surface area contributed by atoms with E-state index in [1.54, 1.807) is 0 Å². The van der Waals surface area contributed by atoms with Crippen LogP contribution < -0.4 is 14.7 Å². The van der Waals surface area contributed by atoms with Crippen LogP contribution in [0, 0.1) is 0 Å². The van der Waals surface area contributed by atoms with Crippen LogP contribution in [-0.4, -0.2) is 0 Å². The molecule has 4 heteroatoms. The minimum Gasteiger partial charge on any atom is -0.310 e. The third kappa shape index (κ3) is 8.35. The molecule has 0 aliphatic carbocycles. The van der Waals surface area contributed by atoms with Gasteiger partial charge in [0.1, 0.15) is 0 Å². The van der Waals surface area contributed by atoms with Crippen LogP contribution in [-0.2, 0) is 0 Å². The molecule has 0 aliphatic rings. The zero-order chi connectivity index (χ0) is 43.1. The van der Waals surface area contributed by atoms with E-state index >= 15 is 0 Å². The second-order valence-electron chi connectivity index (χ2n) is 15.5. The summed E-state index contributed by atoms with van der Waals surface area (Å²) in [5.74, 6) is 0. The van der Waals surface area contributed by atoms with Gasteiger partial charge in [-0.2, -0.15) is 0 Å². The number of anilines is 9. The predicted octanol–water partition coefficient (Wildman–Crippen LogP) is 17.9. The minimum absolute atomic E-state index is 0.987. The first kappa shape index (κ1) is 40.2. The number of para-hydroxylation sites is 5. The van der Waals surface area contributed by atoms with E-state index in [2.05, 4.69) is 298 Å². The fourth-order valence-electron chi connectivity index (χ4n) is 8.61. The number of benzene rings is 10. The third-order valence-corrected chi connectivity index (χ3v) is 11.9. The van der Waals surface area contributed by atoms with Gasteiger partial charge in [-0.15, -0.1) is 0 Å². The summed E-state index contributed by atoms with van der Waals surface area (Å²) in [6, 6.07) is 95.3. The number of hydrogen-bond acceptors (Lipinski definition) is 3. The van der Waals surface area contributed by atoms with E-state index in [9.17, 15) is 0 Å². The summed E-state index contributed by atoms with van der Waals surface area (Å²) in [6.07, 6.45) is 0. The highest BCUT2D eigenvalue weighted by Crippen LogP contribution is 2.51. The van der Waals surface area contributed by atoms with E-state index in [0.717, 1.165) is 89.0 Å². The van der Waals surface area contributed by atoms with Crippen LogP contribution in [0.4, 0.5) is 51.2 Å². The van der Waals surface area contributed by atoms with E-state index in [-0.39, 0.29) is 0 Å². The van der Waals surface area contributed by atoms with Gasteiger partial charge in [0.05, 0.1) is 28.4 Å². The molecule has 0 aromatic heterocycles. The van der Waals surface area contributed by atoms with Gasteiger partial charge in [-0.3, -0.25) is 0 Å². The Morgan fingerprint density at radius 3 is 1.06 bits per heavy atom. The molecule has 10 aromatic rings. The lowest BCUT2D eigenvalue weighted by Crippen LogP contribution is -2.17. The van der Waals surface area contributed by atoms with E-state index in [0.29, 0.717) is 0 Å². The second kappa shape index (κ2) is 18.6. The highest BCUT2D eigenvalue weighted by Gasteiger charge is 2.26. The van der Waals surface area contributed by atoms with Gasteiger partial charge in [0.2, 0.25) is 0 Å².